The molecule has 0 atom stereocenters. The van der Waals surface area contributed by atoms with Gasteiger partial charge in [-0.05, 0) is 18.2 Å². The number of nitro groups is 1. The average molecular weight is 337 g/mol. The molecule has 23 heavy (non-hydrogen) atoms. The number of nitrogens with zero attached hydrogens (tertiary/aromatic N) is 2. The normalized spacial score (nSPS) is 10.7. The van der Waals surface area contributed by atoms with Crippen LogP contribution in [0.15, 0.2) is 35.3 Å². The van der Waals surface area contributed by atoms with Gasteiger partial charge in [0.05, 0.1) is 25.2 Å². The van der Waals surface area contributed by atoms with Crippen molar-refractivity contribution < 1.29 is 19.5 Å². The number of hydrogen-bond acceptors (Lipinski definition) is 6. The summed E-state index contributed by atoms with van der Waals surface area (Å²) >= 11 is 5.87. The number of benzene rings is 2. The van der Waals surface area contributed by atoms with Crippen LogP contribution < -0.4 is 9.47 Å². The highest BCUT2D eigenvalue weighted by Gasteiger charge is 2.18. The minimum atomic E-state index is -0.696. The number of phenolic OH excluding ortho intramolecular Hbond substituents is 1. The van der Waals surface area contributed by atoms with Crippen LogP contribution in [0.25, 0.3) is 0 Å². The molecule has 2 aromatic carbocycles. The summed E-state index contributed by atoms with van der Waals surface area (Å²) in [6.45, 7) is 0. The fraction of sp³-hybridized carbons (Fsp3) is 0.133. The lowest BCUT2D eigenvalue weighted by molar-refractivity contribution is -0.385. The van der Waals surface area contributed by atoms with Crippen molar-refractivity contribution in [3.63, 3.8) is 0 Å². The molecule has 0 saturated carbocycles. The predicted molar refractivity (Wildman–Crippen MR) is 86.6 cm³/mol. The van der Waals surface area contributed by atoms with Gasteiger partial charge in [-0.15, -0.1) is 0 Å². The predicted octanol–water partition coefficient (Wildman–Crippen LogP) is 3.72. The van der Waals surface area contributed by atoms with Crippen molar-refractivity contribution in [3.8, 4) is 17.2 Å². The Morgan fingerprint density at radius 1 is 1.26 bits per heavy atom. The van der Waals surface area contributed by atoms with Crippen molar-refractivity contribution in [1.29, 1.82) is 0 Å². The largest absolute Gasteiger partial charge is 0.502 e. The molecular weight excluding hydrogens is 324 g/mol. The smallest absolute Gasteiger partial charge is 0.315 e. The summed E-state index contributed by atoms with van der Waals surface area (Å²) in [5, 5.41) is 21.4. The Hall–Kier alpha value is -2.80. The van der Waals surface area contributed by atoms with Crippen LogP contribution in [-0.2, 0) is 0 Å². The first-order chi connectivity index (χ1) is 11.0. The first-order valence-corrected chi connectivity index (χ1v) is 6.77. The van der Waals surface area contributed by atoms with Gasteiger partial charge in [0.2, 0.25) is 5.75 Å². The highest BCUT2D eigenvalue weighted by atomic mass is 35.5. The molecule has 0 amide bonds. The van der Waals surface area contributed by atoms with E-state index in [1.807, 2.05) is 0 Å². The number of nitro benzene ring substituents is 1. The maximum atomic E-state index is 11.0. The molecule has 0 aliphatic heterocycles. The van der Waals surface area contributed by atoms with Gasteiger partial charge in [-0.3, -0.25) is 15.1 Å². The average Bonchev–Trinajstić information content (AvgIpc) is 2.54. The highest BCUT2D eigenvalue weighted by Crippen LogP contribution is 2.35. The molecule has 0 aliphatic rings. The zero-order valence-electron chi connectivity index (χ0n) is 12.3. The first kappa shape index (κ1) is 16.6. The van der Waals surface area contributed by atoms with E-state index in [0.29, 0.717) is 16.5 Å². The molecule has 0 fully saturated rings. The molecule has 1 N–H and O–H groups in total. The topological polar surface area (TPSA) is 94.2 Å². The van der Waals surface area contributed by atoms with E-state index < -0.39 is 16.4 Å². The van der Waals surface area contributed by atoms with Crippen LogP contribution in [0, 0.1) is 10.1 Å². The number of rotatable bonds is 5. The molecule has 0 radical (unpaired) electrons. The van der Waals surface area contributed by atoms with Gasteiger partial charge in [0.25, 0.3) is 0 Å². The first-order valence-electron chi connectivity index (χ1n) is 6.39. The van der Waals surface area contributed by atoms with Gasteiger partial charge in [0.1, 0.15) is 17.2 Å². The van der Waals surface area contributed by atoms with E-state index in [0.717, 1.165) is 6.07 Å². The van der Waals surface area contributed by atoms with Crippen molar-refractivity contribution in [1.82, 2.24) is 0 Å². The molecule has 0 unspecified atom stereocenters. The second kappa shape index (κ2) is 6.97. The second-order valence-corrected chi connectivity index (χ2v) is 4.85. The van der Waals surface area contributed by atoms with Crippen LogP contribution in [0.4, 0.5) is 11.4 Å². The maximum absolute atomic E-state index is 11.0. The molecule has 2 rings (SSSR count). The van der Waals surface area contributed by atoms with E-state index in [9.17, 15) is 15.2 Å². The second-order valence-electron chi connectivity index (χ2n) is 4.42. The molecule has 7 nitrogen and oxygen atoms in total. The SMILES string of the molecule is COc1cc(C=Nc2ccc(Cl)cc2OC)c(O)c([N+](=O)[O-])c1. The number of aliphatic imine (C=N–C) groups is 1. The van der Waals surface area contributed by atoms with Crippen LogP contribution in [0.2, 0.25) is 5.02 Å². The molecular formula is C15H13ClN2O5. The lowest BCUT2D eigenvalue weighted by atomic mass is 10.1. The summed E-state index contributed by atoms with van der Waals surface area (Å²) in [5.74, 6) is 0.178. The van der Waals surface area contributed by atoms with Crippen molar-refractivity contribution in [2.45, 2.75) is 0 Å². The lowest BCUT2D eigenvalue weighted by Gasteiger charge is -2.06. The summed E-state index contributed by atoms with van der Waals surface area (Å²) in [7, 11) is 2.85. The van der Waals surface area contributed by atoms with Crippen LogP contribution in [0.1, 0.15) is 5.56 Å². The number of aromatic hydroxyl groups is 1. The maximum Gasteiger partial charge on any atom is 0.315 e. The Morgan fingerprint density at radius 2 is 2.00 bits per heavy atom. The van der Waals surface area contributed by atoms with E-state index in [2.05, 4.69) is 4.99 Å². The fourth-order valence-corrected chi connectivity index (χ4v) is 2.03. The number of halogens is 1. The van der Waals surface area contributed by atoms with Gasteiger partial charge >= 0.3 is 5.69 Å². The minimum absolute atomic E-state index is 0.146. The minimum Gasteiger partial charge on any atom is -0.502 e. The summed E-state index contributed by atoms with van der Waals surface area (Å²) < 4.78 is 10.2. The quantitative estimate of drug-likeness (QED) is 0.510. The Bertz CT molecular complexity index is 777. The van der Waals surface area contributed by atoms with Gasteiger partial charge < -0.3 is 14.6 Å². The number of methoxy groups -OCH3 is 2. The molecule has 2 aromatic rings. The van der Waals surface area contributed by atoms with Crippen LogP contribution in [0.3, 0.4) is 0 Å². The van der Waals surface area contributed by atoms with Crippen molar-refractivity contribution in [2.75, 3.05) is 14.2 Å². The molecule has 120 valence electrons. The monoisotopic (exact) mass is 336 g/mol. The molecule has 0 aliphatic carbocycles. The van der Waals surface area contributed by atoms with Crippen molar-refractivity contribution in [2.24, 2.45) is 4.99 Å². The van der Waals surface area contributed by atoms with E-state index in [4.69, 9.17) is 21.1 Å². The summed E-state index contributed by atoms with van der Waals surface area (Å²) in [4.78, 5) is 14.4. The molecule has 0 heterocycles. The number of phenols is 1. The highest BCUT2D eigenvalue weighted by molar-refractivity contribution is 6.30. The van der Waals surface area contributed by atoms with Gasteiger partial charge in [-0.2, -0.15) is 0 Å². The van der Waals surface area contributed by atoms with Crippen LogP contribution in [0.5, 0.6) is 17.2 Å². The molecule has 0 aromatic heterocycles. The molecule has 0 spiro atoms. The Labute approximate surface area is 136 Å². The zero-order valence-corrected chi connectivity index (χ0v) is 13.1. The summed E-state index contributed by atoms with van der Waals surface area (Å²) in [6, 6.07) is 7.42. The molecule has 0 bridgehead atoms. The van der Waals surface area contributed by atoms with E-state index >= 15 is 0 Å². The van der Waals surface area contributed by atoms with Crippen LogP contribution >= 0.6 is 11.6 Å². The lowest BCUT2D eigenvalue weighted by Crippen LogP contribution is -1.95. The third-order valence-electron chi connectivity index (χ3n) is 3.01. The zero-order chi connectivity index (χ0) is 17.0. The molecule has 8 heteroatoms. The van der Waals surface area contributed by atoms with Crippen LogP contribution in [-0.4, -0.2) is 30.5 Å². The van der Waals surface area contributed by atoms with E-state index in [1.165, 1.54) is 26.5 Å². The number of hydrogen-bond donors (Lipinski definition) is 1. The van der Waals surface area contributed by atoms with Gasteiger partial charge in [-0.1, -0.05) is 11.6 Å². The fourth-order valence-electron chi connectivity index (χ4n) is 1.87. The summed E-state index contributed by atoms with van der Waals surface area (Å²) in [5.41, 5.74) is 0.142. The van der Waals surface area contributed by atoms with Gasteiger partial charge in [-0.25, -0.2) is 0 Å². The van der Waals surface area contributed by atoms with Crippen molar-refractivity contribution >= 4 is 29.2 Å². The Balaban J connectivity index is 2.47. The number of ether oxygens (including phenoxy) is 2. The molecule has 0 saturated heterocycles. The third-order valence-corrected chi connectivity index (χ3v) is 3.24. The van der Waals surface area contributed by atoms with E-state index in [1.54, 1.807) is 18.2 Å². The van der Waals surface area contributed by atoms with Gasteiger partial charge in [0.15, 0.2) is 0 Å². The summed E-state index contributed by atoms with van der Waals surface area (Å²) in [6.07, 6.45) is 1.29. The Kier molecular flexibility index (Phi) is 5.02. The Morgan fingerprint density at radius 3 is 2.61 bits per heavy atom. The third kappa shape index (κ3) is 3.70. The van der Waals surface area contributed by atoms with Gasteiger partial charge in [0, 0.05) is 22.9 Å². The van der Waals surface area contributed by atoms with E-state index in [-0.39, 0.29) is 11.3 Å². The standard InChI is InChI=1S/C15H13ClN2O5/c1-22-11-5-9(15(19)13(7-11)18(20)21)8-17-12-4-3-10(16)6-14(12)23-2/h3-8,19H,1-2H3. The van der Waals surface area contributed by atoms with Crippen molar-refractivity contribution in [3.05, 3.63) is 51.0 Å².